The first-order valence-electron chi connectivity index (χ1n) is 10.1. The molecular weight excluding hydrogens is 399 g/mol. The molecule has 0 bridgehead atoms. The van der Waals surface area contributed by atoms with E-state index in [-0.39, 0.29) is 23.7 Å². The Morgan fingerprint density at radius 1 is 1.26 bits per heavy atom. The summed E-state index contributed by atoms with van der Waals surface area (Å²) in [5.41, 5.74) is 8.32. The molecule has 0 saturated carbocycles. The molecule has 31 heavy (non-hydrogen) atoms. The number of anilines is 1. The molecule has 1 aliphatic heterocycles. The summed E-state index contributed by atoms with van der Waals surface area (Å²) in [6.07, 6.45) is 1.70. The number of aromatic nitrogens is 1. The van der Waals surface area contributed by atoms with Crippen molar-refractivity contribution in [1.29, 1.82) is 0 Å². The number of amides is 2. The van der Waals surface area contributed by atoms with Crippen LogP contribution >= 0.6 is 0 Å². The first kappa shape index (κ1) is 20.7. The van der Waals surface area contributed by atoms with Crippen molar-refractivity contribution in [1.82, 2.24) is 10.1 Å². The molecule has 1 saturated heterocycles. The van der Waals surface area contributed by atoms with Gasteiger partial charge in [0.2, 0.25) is 5.91 Å². The van der Waals surface area contributed by atoms with Gasteiger partial charge in [0, 0.05) is 17.8 Å². The number of carbonyl (C=O) groups excluding carboxylic acids is 2. The van der Waals surface area contributed by atoms with E-state index in [0.29, 0.717) is 34.8 Å². The van der Waals surface area contributed by atoms with Crippen molar-refractivity contribution in [2.75, 3.05) is 11.9 Å². The van der Waals surface area contributed by atoms with Crippen LogP contribution < -0.4 is 11.1 Å². The molecule has 7 nitrogen and oxygen atoms in total. The van der Waals surface area contributed by atoms with Gasteiger partial charge in [-0.15, -0.1) is 0 Å². The predicted molar refractivity (Wildman–Crippen MR) is 114 cm³/mol. The van der Waals surface area contributed by atoms with Crippen LogP contribution in [0.25, 0.3) is 11.3 Å². The fourth-order valence-corrected chi connectivity index (χ4v) is 3.96. The highest BCUT2D eigenvalue weighted by molar-refractivity contribution is 6.08. The molecule has 8 heteroatoms. The minimum atomic E-state index is -0.372. The van der Waals surface area contributed by atoms with Gasteiger partial charge in [0.15, 0.2) is 0 Å². The number of nitrogens with one attached hydrogen (secondary N) is 1. The highest BCUT2D eigenvalue weighted by Crippen LogP contribution is 2.27. The Morgan fingerprint density at radius 2 is 2.03 bits per heavy atom. The number of rotatable bonds is 6. The van der Waals surface area contributed by atoms with Gasteiger partial charge < -0.3 is 15.6 Å². The van der Waals surface area contributed by atoms with E-state index in [0.717, 1.165) is 24.9 Å². The van der Waals surface area contributed by atoms with Crippen LogP contribution in [0.5, 0.6) is 0 Å². The third kappa shape index (κ3) is 4.49. The molecule has 0 aliphatic carbocycles. The number of nitrogens with two attached hydrogens (primary N) is 1. The molecule has 0 spiro atoms. The quantitative estimate of drug-likeness (QED) is 0.633. The second kappa shape index (κ2) is 8.69. The number of hydrogen-bond acceptors (Lipinski definition) is 5. The van der Waals surface area contributed by atoms with Crippen molar-refractivity contribution in [2.45, 2.75) is 32.4 Å². The largest absolute Gasteiger partial charge is 0.368 e. The highest BCUT2D eigenvalue weighted by atomic mass is 19.1. The van der Waals surface area contributed by atoms with Crippen LogP contribution in [0.15, 0.2) is 53.1 Å². The lowest BCUT2D eigenvalue weighted by molar-refractivity contribution is -0.122. The smallest absolute Gasteiger partial charge is 0.261 e. The SMILES string of the molecule is Cc1onc(-c2ccc(F)cc2)c1C(=O)Nc1cccc(CN2CCCC2C(N)=O)c1. The lowest BCUT2D eigenvalue weighted by Gasteiger charge is -2.22. The van der Waals surface area contributed by atoms with Gasteiger partial charge in [-0.1, -0.05) is 17.3 Å². The van der Waals surface area contributed by atoms with Crippen LogP contribution in [0, 0.1) is 12.7 Å². The van der Waals surface area contributed by atoms with Gasteiger partial charge >= 0.3 is 0 Å². The number of hydrogen-bond donors (Lipinski definition) is 2. The number of halogens is 1. The first-order valence-corrected chi connectivity index (χ1v) is 10.1. The molecule has 160 valence electrons. The van der Waals surface area contributed by atoms with Gasteiger partial charge in [-0.2, -0.15) is 0 Å². The van der Waals surface area contributed by atoms with Crippen molar-refractivity contribution >= 4 is 17.5 Å². The third-order valence-electron chi connectivity index (χ3n) is 5.47. The summed E-state index contributed by atoms with van der Waals surface area (Å²) in [5.74, 6) is -0.678. The number of likely N-dealkylation sites (tertiary alicyclic amines) is 1. The zero-order valence-electron chi connectivity index (χ0n) is 17.1. The van der Waals surface area contributed by atoms with Crippen molar-refractivity contribution in [2.24, 2.45) is 5.73 Å². The summed E-state index contributed by atoms with van der Waals surface area (Å²) >= 11 is 0. The summed E-state index contributed by atoms with van der Waals surface area (Å²) in [6.45, 7) is 3.04. The Balaban J connectivity index is 1.52. The first-order chi connectivity index (χ1) is 14.9. The molecule has 1 unspecified atom stereocenters. The number of primary amides is 1. The molecule has 2 amide bonds. The van der Waals surface area contributed by atoms with Crippen LogP contribution in [0.3, 0.4) is 0 Å². The summed E-state index contributed by atoms with van der Waals surface area (Å²) < 4.78 is 18.5. The Hall–Kier alpha value is -3.52. The zero-order chi connectivity index (χ0) is 22.0. The van der Waals surface area contributed by atoms with Gasteiger partial charge in [-0.25, -0.2) is 4.39 Å². The summed E-state index contributed by atoms with van der Waals surface area (Å²) in [5, 5.41) is 6.86. The molecule has 1 atom stereocenters. The Morgan fingerprint density at radius 3 is 2.77 bits per heavy atom. The average Bonchev–Trinajstić information content (AvgIpc) is 3.35. The second-order valence-electron chi connectivity index (χ2n) is 7.65. The number of aryl methyl sites for hydroxylation is 1. The fraction of sp³-hybridized carbons (Fsp3) is 0.261. The maximum absolute atomic E-state index is 13.3. The summed E-state index contributed by atoms with van der Waals surface area (Å²) in [4.78, 5) is 26.7. The molecule has 1 aromatic heterocycles. The van der Waals surface area contributed by atoms with Crippen LogP contribution in [-0.4, -0.2) is 34.5 Å². The maximum Gasteiger partial charge on any atom is 0.261 e. The Kier molecular flexibility index (Phi) is 5.81. The fourth-order valence-electron chi connectivity index (χ4n) is 3.96. The molecule has 2 heterocycles. The normalized spacial score (nSPS) is 16.4. The number of carbonyl (C=O) groups is 2. The zero-order valence-corrected chi connectivity index (χ0v) is 17.1. The van der Waals surface area contributed by atoms with E-state index in [2.05, 4.69) is 15.4 Å². The van der Waals surface area contributed by atoms with E-state index in [1.807, 2.05) is 18.2 Å². The molecule has 3 aromatic rings. The van der Waals surface area contributed by atoms with Crippen molar-refractivity contribution < 1.29 is 18.5 Å². The third-order valence-corrected chi connectivity index (χ3v) is 5.47. The molecule has 3 N–H and O–H groups in total. The lowest BCUT2D eigenvalue weighted by Crippen LogP contribution is -2.39. The van der Waals surface area contributed by atoms with Crippen LogP contribution in [-0.2, 0) is 11.3 Å². The van der Waals surface area contributed by atoms with E-state index < -0.39 is 0 Å². The maximum atomic E-state index is 13.3. The Bertz CT molecular complexity index is 1110. The van der Waals surface area contributed by atoms with E-state index in [4.69, 9.17) is 10.3 Å². The van der Waals surface area contributed by atoms with Gasteiger partial charge in [-0.05, 0) is 68.3 Å². The predicted octanol–water partition coefficient (Wildman–Crippen LogP) is 3.49. The average molecular weight is 422 g/mol. The highest BCUT2D eigenvalue weighted by Gasteiger charge is 2.29. The molecule has 1 aliphatic rings. The summed E-state index contributed by atoms with van der Waals surface area (Å²) in [6, 6.07) is 12.9. The second-order valence-corrected chi connectivity index (χ2v) is 7.65. The van der Waals surface area contributed by atoms with Crippen LogP contribution in [0.2, 0.25) is 0 Å². The summed E-state index contributed by atoms with van der Waals surface area (Å²) in [7, 11) is 0. The molecule has 2 aromatic carbocycles. The minimum Gasteiger partial charge on any atom is -0.368 e. The number of benzene rings is 2. The van der Waals surface area contributed by atoms with Crippen molar-refractivity contribution in [3.8, 4) is 11.3 Å². The molecule has 0 radical (unpaired) electrons. The molecule has 1 fully saturated rings. The van der Waals surface area contributed by atoms with E-state index in [1.54, 1.807) is 25.1 Å². The van der Waals surface area contributed by atoms with Gasteiger partial charge in [0.1, 0.15) is 22.8 Å². The molecule has 4 rings (SSSR count). The van der Waals surface area contributed by atoms with Crippen molar-refractivity contribution in [3.05, 3.63) is 71.2 Å². The monoisotopic (exact) mass is 422 g/mol. The van der Waals surface area contributed by atoms with Gasteiger partial charge in [-0.3, -0.25) is 14.5 Å². The Labute approximate surface area is 179 Å². The van der Waals surface area contributed by atoms with Crippen LogP contribution in [0.1, 0.15) is 34.5 Å². The minimum absolute atomic E-state index is 0.254. The van der Waals surface area contributed by atoms with Gasteiger partial charge in [0.05, 0.1) is 6.04 Å². The molecular formula is C23H23FN4O3. The van der Waals surface area contributed by atoms with Gasteiger partial charge in [0.25, 0.3) is 5.91 Å². The van der Waals surface area contributed by atoms with E-state index in [9.17, 15) is 14.0 Å². The van der Waals surface area contributed by atoms with Crippen LogP contribution in [0.4, 0.5) is 10.1 Å². The van der Waals surface area contributed by atoms with E-state index >= 15 is 0 Å². The van der Waals surface area contributed by atoms with Crippen molar-refractivity contribution in [3.63, 3.8) is 0 Å². The topological polar surface area (TPSA) is 101 Å². The number of nitrogens with zero attached hydrogens (tertiary/aromatic N) is 2. The lowest BCUT2D eigenvalue weighted by atomic mass is 10.1. The standard InChI is InChI=1S/C23H23FN4O3/c1-14-20(21(27-31-14)16-7-9-17(24)10-8-16)23(30)26-18-5-2-4-15(12-18)13-28-11-3-6-19(28)22(25)29/h2,4-5,7-10,12,19H,3,6,11,13H2,1H3,(H2,25,29)(H,26,30). The van der Waals surface area contributed by atoms with E-state index in [1.165, 1.54) is 12.1 Å².